The van der Waals surface area contributed by atoms with Gasteiger partial charge in [-0.05, 0) is 36.5 Å². The molecule has 5 heteroatoms. The van der Waals surface area contributed by atoms with Crippen LogP contribution in [0.1, 0.15) is 12.0 Å². The molecule has 0 radical (unpaired) electrons. The highest BCUT2D eigenvalue weighted by atomic mass is 16.5. The fourth-order valence-corrected chi connectivity index (χ4v) is 3.47. The van der Waals surface area contributed by atoms with E-state index in [-0.39, 0.29) is 0 Å². The van der Waals surface area contributed by atoms with Crippen molar-refractivity contribution >= 4 is 11.6 Å². The molecule has 1 atom stereocenters. The minimum Gasteiger partial charge on any atom is -0.497 e. The lowest BCUT2D eigenvalue weighted by molar-refractivity contribution is 0.415. The zero-order chi connectivity index (χ0) is 18.9. The Kier molecular flexibility index (Phi) is 6.97. The molecule has 1 aliphatic rings. The number of rotatable bonds is 7. The summed E-state index contributed by atoms with van der Waals surface area (Å²) in [6.07, 6.45) is 2.18. The Morgan fingerprint density at radius 3 is 2.78 bits per heavy atom. The van der Waals surface area contributed by atoms with Crippen molar-refractivity contribution in [3.63, 3.8) is 0 Å². The van der Waals surface area contributed by atoms with E-state index in [1.54, 1.807) is 7.11 Å². The maximum absolute atomic E-state index is 5.34. The van der Waals surface area contributed by atoms with Gasteiger partial charge in [0.1, 0.15) is 5.75 Å². The molecular formula is C22H30N4O. The van der Waals surface area contributed by atoms with E-state index >= 15 is 0 Å². The van der Waals surface area contributed by atoms with E-state index in [4.69, 9.17) is 4.74 Å². The molecule has 1 unspecified atom stereocenters. The summed E-state index contributed by atoms with van der Waals surface area (Å²) in [6, 6.07) is 18.8. The average molecular weight is 367 g/mol. The van der Waals surface area contributed by atoms with Crippen LogP contribution in [-0.2, 0) is 6.42 Å². The van der Waals surface area contributed by atoms with Crippen molar-refractivity contribution in [2.24, 2.45) is 10.9 Å². The second-order valence-electron chi connectivity index (χ2n) is 6.92. The summed E-state index contributed by atoms with van der Waals surface area (Å²) in [4.78, 5) is 6.78. The molecule has 1 fully saturated rings. The van der Waals surface area contributed by atoms with E-state index in [0.29, 0.717) is 5.92 Å². The van der Waals surface area contributed by atoms with Crippen molar-refractivity contribution < 1.29 is 4.74 Å². The molecule has 27 heavy (non-hydrogen) atoms. The smallest absolute Gasteiger partial charge is 0.190 e. The predicted octanol–water partition coefficient (Wildman–Crippen LogP) is 2.93. The van der Waals surface area contributed by atoms with Crippen LogP contribution in [0.2, 0.25) is 0 Å². The van der Waals surface area contributed by atoms with Crippen LogP contribution in [0.4, 0.5) is 5.69 Å². The lowest BCUT2D eigenvalue weighted by Crippen LogP contribution is -2.41. The van der Waals surface area contributed by atoms with E-state index in [1.807, 2.05) is 19.2 Å². The number of benzene rings is 2. The average Bonchev–Trinajstić information content (AvgIpc) is 3.20. The monoisotopic (exact) mass is 366 g/mol. The SMILES string of the molecule is CN=C(NCCc1ccccc1)NCC1CCN(c2cccc(OC)c2)C1. The lowest BCUT2D eigenvalue weighted by atomic mass is 10.1. The van der Waals surface area contributed by atoms with Crippen LogP contribution in [0.15, 0.2) is 59.6 Å². The molecule has 0 aliphatic carbocycles. The third-order valence-electron chi connectivity index (χ3n) is 5.04. The first-order chi connectivity index (χ1) is 13.3. The predicted molar refractivity (Wildman–Crippen MR) is 113 cm³/mol. The van der Waals surface area contributed by atoms with E-state index in [2.05, 4.69) is 63.0 Å². The van der Waals surface area contributed by atoms with E-state index in [9.17, 15) is 0 Å². The van der Waals surface area contributed by atoms with Crippen LogP contribution in [0.3, 0.4) is 0 Å². The molecular weight excluding hydrogens is 336 g/mol. The summed E-state index contributed by atoms with van der Waals surface area (Å²) in [5.74, 6) is 2.41. The molecule has 2 N–H and O–H groups in total. The number of aliphatic imine (C=N–C) groups is 1. The van der Waals surface area contributed by atoms with Crippen molar-refractivity contribution in [2.75, 3.05) is 45.2 Å². The number of nitrogens with one attached hydrogen (secondary N) is 2. The molecule has 2 aromatic rings. The molecule has 1 heterocycles. The maximum atomic E-state index is 5.34. The van der Waals surface area contributed by atoms with Gasteiger partial charge < -0.3 is 20.3 Å². The Labute approximate surface area is 162 Å². The number of ether oxygens (including phenoxy) is 1. The van der Waals surface area contributed by atoms with Crippen LogP contribution >= 0.6 is 0 Å². The standard InChI is InChI=1S/C22H30N4O/c1-23-22(24-13-11-18-7-4-3-5-8-18)25-16-19-12-14-26(17-19)20-9-6-10-21(15-20)27-2/h3-10,15,19H,11-14,16-17H2,1-2H3,(H2,23,24,25). The number of anilines is 1. The summed E-state index contributed by atoms with van der Waals surface area (Å²) in [5.41, 5.74) is 2.58. The number of hydrogen-bond acceptors (Lipinski definition) is 3. The van der Waals surface area contributed by atoms with E-state index in [1.165, 1.54) is 17.7 Å². The second kappa shape index (κ2) is 9.86. The molecule has 5 nitrogen and oxygen atoms in total. The Bertz CT molecular complexity index is 732. The molecule has 144 valence electrons. The molecule has 2 aromatic carbocycles. The Balaban J connectivity index is 1.41. The van der Waals surface area contributed by atoms with Gasteiger partial charge in [0.25, 0.3) is 0 Å². The van der Waals surface area contributed by atoms with Crippen LogP contribution < -0.4 is 20.3 Å². The van der Waals surface area contributed by atoms with Crippen LogP contribution in [0, 0.1) is 5.92 Å². The Hall–Kier alpha value is -2.69. The Morgan fingerprint density at radius 1 is 1.15 bits per heavy atom. The number of methoxy groups -OCH3 is 1. The molecule has 1 saturated heterocycles. The van der Waals surface area contributed by atoms with Crippen LogP contribution in [0.5, 0.6) is 5.75 Å². The Morgan fingerprint density at radius 2 is 2.00 bits per heavy atom. The van der Waals surface area contributed by atoms with Crippen molar-refractivity contribution in [3.05, 3.63) is 60.2 Å². The molecule has 1 aliphatic heterocycles. The summed E-state index contributed by atoms with van der Waals surface area (Å²) >= 11 is 0. The number of nitrogens with zero attached hydrogens (tertiary/aromatic N) is 2. The third-order valence-corrected chi connectivity index (χ3v) is 5.04. The third kappa shape index (κ3) is 5.64. The van der Waals surface area contributed by atoms with Crippen molar-refractivity contribution in [2.45, 2.75) is 12.8 Å². The van der Waals surface area contributed by atoms with Gasteiger partial charge in [0.05, 0.1) is 7.11 Å². The highest BCUT2D eigenvalue weighted by molar-refractivity contribution is 5.79. The van der Waals surface area contributed by atoms with Gasteiger partial charge >= 0.3 is 0 Å². The fourth-order valence-electron chi connectivity index (χ4n) is 3.47. The normalized spacial score (nSPS) is 17.0. The summed E-state index contributed by atoms with van der Waals surface area (Å²) in [7, 11) is 3.54. The van der Waals surface area contributed by atoms with Crippen LogP contribution in [0.25, 0.3) is 0 Å². The van der Waals surface area contributed by atoms with Gasteiger partial charge in [-0.15, -0.1) is 0 Å². The van der Waals surface area contributed by atoms with E-state index < -0.39 is 0 Å². The molecule has 0 saturated carbocycles. The molecule has 0 amide bonds. The molecule has 0 aromatic heterocycles. The minimum atomic E-state index is 0.615. The quantitative estimate of drug-likeness (QED) is 0.584. The maximum Gasteiger partial charge on any atom is 0.190 e. The van der Waals surface area contributed by atoms with Gasteiger partial charge in [-0.1, -0.05) is 36.4 Å². The first-order valence-electron chi connectivity index (χ1n) is 9.66. The highest BCUT2D eigenvalue weighted by Crippen LogP contribution is 2.26. The molecule has 3 rings (SSSR count). The van der Waals surface area contributed by atoms with Crippen molar-refractivity contribution in [1.82, 2.24) is 10.6 Å². The van der Waals surface area contributed by atoms with Crippen LogP contribution in [-0.4, -0.2) is 46.3 Å². The van der Waals surface area contributed by atoms with Gasteiger partial charge in [-0.2, -0.15) is 0 Å². The zero-order valence-corrected chi connectivity index (χ0v) is 16.3. The minimum absolute atomic E-state index is 0.615. The molecule has 0 bridgehead atoms. The molecule has 0 spiro atoms. The number of hydrogen-bond donors (Lipinski definition) is 2. The van der Waals surface area contributed by atoms with Crippen molar-refractivity contribution in [3.8, 4) is 5.75 Å². The second-order valence-corrected chi connectivity index (χ2v) is 6.92. The zero-order valence-electron chi connectivity index (χ0n) is 16.3. The van der Waals surface area contributed by atoms with E-state index in [0.717, 1.165) is 44.3 Å². The first-order valence-corrected chi connectivity index (χ1v) is 9.66. The summed E-state index contributed by atoms with van der Waals surface area (Å²) in [5, 5.41) is 6.89. The first kappa shape index (κ1) is 19.1. The van der Waals surface area contributed by atoms with Gasteiger partial charge in [0.2, 0.25) is 0 Å². The van der Waals surface area contributed by atoms with Gasteiger partial charge in [-0.25, -0.2) is 0 Å². The topological polar surface area (TPSA) is 48.9 Å². The highest BCUT2D eigenvalue weighted by Gasteiger charge is 2.23. The van der Waals surface area contributed by atoms with Gasteiger partial charge in [0, 0.05) is 45.0 Å². The summed E-state index contributed by atoms with van der Waals surface area (Å²) < 4.78 is 5.34. The van der Waals surface area contributed by atoms with Gasteiger partial charge in [0.15, 0.2) is 5.96 Å². The van der Waals surface area contributed by atoms with Crippen molar-refractivity contribution in [1.29, 1.82) is 0 Å². The summed E-state index contributed by atoms with van der Waals surface area (Å²) in [6.45, 7) is 3.95. The number of guanidine groups is 1. The lowest BCUT2D eigenvalue weighted by Gasteiger charge is -2.20. The fraction of sp³-hybridized carbons (Fsp3) is 0.409. The van der Waals surface area contributed by atoms with Gasteiger partial charge in [-0.3, -0.25) is 4.99 Å². The largest absolute Gasteiger partial charge is 0.497 e.